The van der Waals surface area contributed by atoms with Crippen molar-refractivity contribution >= 4 is 27.8 Å². The second-order valence-corrected chi connectivity index (χ2v) is 7.10. The van der Waals surface area contributed by atoms with Gasteiger partial charge in [0.1, 0.15) is 6.10 Å². The summed E-state index contributed by atoms with van der Waals surface area (Å²) in [5.74, 6) is -0.342. The molecule has 2 saturated carbocycles. The lowest BCUT2D eigenvalue weighted by Gasteiger charge is -2.27. The van der Waals surface area contributed by atoms with Crippen LogP contribution in [0.2, 0.25) is 0 Å². The van der Waals surface area contributed by atoms with Crippen LogP contribution in [0.5, 0.6) is 0 Å². The zero-order chi connectivity index (χ0) is 14.6. The van der Waals surface area contributed by atoms with Crippen LogP contribution in [0.15, 0.2) is 24.5 Å². The van der Waals surface area contributed by atoms with E-state index in [1.54, 1.807) is 12.4 Å². The van der Waals surface area contributed by atoms with Gasteiger partial charge in [-0.15, -0.1) is 0 Å². The SMILES string of the molecule is O=C(NCc1cccnc1)[C@@H]1[C@H]2C[C@H]3[C@H](OC(=O)[C@H]31)[C@@H]2Br. The van der Waals surface area contributed by atoms with Crippen LogP contribution in [0.25, 0.3) is 0 Å². The predicted octanol–water partition coefficient (Wildman–Crippen LogP) is 1.27. The maximum absolute atomic E-state index is 12.5. The third-order valence-corrected chi connectivity index (χ3v) is 6.22. The quantitative estimate of drug-likeness (QED) is 0.658. The Morgan fingerprint density at radius 3 is 3.10 bits per heavy atom. The second kappa shape index (κ2) is 4.80. The summed E-state index contributed by atoms with van der Waals surface area (Å²) in [5, 5.41) is 2.94. The van der Waals surface area contributed by atoms with E-state index >= 15 is 0 Å². The largest absolute Gasteiger partial charge is 0.461 e. The number of nitrogens with one attached hydrogen (secondary N) is 1. The maximum Gasteiger partial charge on any atom is 0.310 e. The van der Waals surface area contributed by atoms with E-state index in [2.05, 4.69) is 26.2 Å². The fourth-order valence-corrected chi connectivity index (χ4v) is 5.18. The van der Waals surface area contributed by atoms with Crippen molar-refractivity contribution in [3.8, 4) is 0 Å². The van der Waals surface area contributed by atoms with Crippen molar-refractivity contribution in [2.75, 3.05) is 0 Å². The molecule has 2 aliphatic carbocycles. The molecule has 0 spiro atoms. The van der Waals surface area contributed by atoms with Crippen molar-refractivity contribution in [1.29, 1.82) is 0 Å². The molecule has 0 radical (unpaired) electrons. The summed E-state index contributed by atoms with van der Waals surface area (Å²) in [6.07, 6.45) is 4.30. The summed E-state index contributed by atoms with van der Waals surface area (Å²) in [6.45, 7) is 0.443. The van der Waals surface area contributed by atoms with Crippen LogP contribution in [0.3, 0.4) is 0 Å². The van der Waals surface area contributed by atoms with Crippen LogP contribution < -0.4 is 5.32 Å². The first-order chi connectivity index (χ1) is 10.2. The normalized spacial score (nSPS) is 39.4. The lowest BCUT2D eigenvalue weighted by molar-refractivity contribution is -0.145. The Labute approximate surface area is 130 Å². The van der Waals surface area contributed by atoms with Gasteiger partial charge in [-0.1, -0.05) is 22.0 Å². The first-order valence-corrected chi connectivity index (χ1v) is 8.09. The van der Waals surface area contributed by atoms with Gasteiger partial charge < -0.3 is 10.1 Å². The number of halogens is 1. The molecule has 3 aliphatic rings. The molecule has 2 heterocycles. The van der Waals surface area contributed by atoms with Crippen molar-refractivity contribution in [2.24, 2.45) is 23.7 Å². The van der Waals surface area contributed by atoms with Gasteiger partial charge in [0.25, 0.3) is 0 Å². The van der Waals surface area contributed by atoms with Gasteiger partial charge in [0.2, 0.25) is 5.91 Å². The average Bonchev–Trinajstić information content (AvgIpc) is 3.10. The monoisotopic (exact) mass is 350 g/mol. The zero-order valence-corrected chi connectivity index (χ0v) is 12.8. The molecule has 2 bridgehead atoms. The lowest BCUT2D eigenvalue weighted by Crippen LogP contribution is -2.43. The second-order valence-electron chi connectivity index (χ2n) is 6.04. The van der Waals surface area contributed by atoms with Gasteiger partial charge in [0.05, 0.1) is 16.7 Å². The van der Waals surface area contributed by atoms with E-state index in [0.717, 1.165) is 12.0 Å². The van der Waals surface area contributed by atoms with Gasteiger partial charge in [-0.05, 0) is 24.0 Å². The number of fused-ring (bicyclic) bond motifs is 1. The minimum absolute atomic E-state index is 0.0325. The van der Waals surface area contributed by atoms with E-state index < -0.39 is 0 Å². The van der Waals surface area contributed by atoms with Gasteiger partial charge in [-0.3, -0.25) is 14.6 Å². The molecule has 4 rings (SSSR count). The van der Waals surface area contributed by atoms with Crippen LogP contribution >= 0.6 is 15.9 Å². The minimum atomic E-state index is -0.262. The first kappa shape index (κ1) is 13.2. The molecule has 1 N–H and O–H groups in total. The number of amides is 1. The van der Waals surface area contributed by atoms with E-state index in [4.69, 9.17) is 4.74 Å². The van der Waals surface area contributed by atoms with Gasteiger partial charge in [-0.25, -0.2) is 0 Å². The summed E-state index contributed by atoms with van der Waals surface area (Å²) in [6, 6.07) is 3.76. The predicted molar refractivity (Wildman–Crippen MR) is 77.3 cm³/mol. The van der Waals surface area contributed by atoms with Crippen LogP contribution in [0, 0.1) is 23.7 Å². The van der Waals surface area contributed by atoms with E-state index in [-0.39, 0.29) is 46.5 Å². The molecule has 6 atom stereocenters. The number of rotatable bonds is 3. The summed E-state index contributed by atoms with van der Waals surface area (Å²) in [4.78, 5) is 28.7. The molecule has 1 aliphatic heterocycles. The number of pyridine rings is 1. The fraction of sp³-hybridized carbons (Fsp3) is 0.533. The molecular formula is C15H15BrN2O3. The fourth-order valence-electron chi connectivity index (χ4n) is 4.14. The highest BCUT2D eigenvalue weighted by molar-refractivity contribution is 9.09. The number of esters is 1. The number of aromatic nitrogens is 1. The highest BCUT2D eigenvalue weighted by Gasteiger charge is 2.67. The molecule has 110 valence electrons. The summed E-state index contributed by atoms with van der Waals surface area (Å²) < 4.78 is 5.42. The molecule has 0 aromatic carbocycles. The molecule has 21 heavy (non-hydrogen) atoms. The van der Waals surface area contributed by atoms with E-state index in [9.17, 15) is 9.59 Å². The third kappa shape index (κ3) is 1.92. The Balaban J connectivity index is 1.49. The number of hydrogen-bond donors (Lipinski definition) is 1. The van der Waals surface area contributed by atoms with Crippen LogP contribution in [0.1, 0.15) is 12.0 Å². The van der Waals surface area contributed by atoms with Crippen molar-refractivity contribution in [1.82, 2.24) is 10.3 Å². The molecule has 1 saturated heterocycles. The first-order valence-electron chi connectivity index (χ1n) is 7.18. The highest BCUT2D eigenvalue weighted by Crippen LogP contribution is 2.59. The van der Waals surface area contributed by atoms with Crippen molar-refractivity contribution in [2.45, 2.75) is 23.9 Å². The molecule has 3 fully saturated rings. The van der Waals surface area contributed by atoms with Crippen molar-refractivity contribution in [3.05, 3.63) is 30.1 Å². The number of carbonyl (C=O) groups is 2. The maximum atomic E-state index is 12.5. The average molecular weight is 351 g/mol. The Morgan fingerprint density at radius 1 is 1.48 bits per heavy atom. The highest BCUT2D eigenvalue weighted by atomic mass is 79.9. The molecular weight excluding hydrogens is 336 g/mol. The van der Waals surface area contributed by atoms with Crippen molar-refractivity contribution < 1.29 is 14.3 Å². The third-order valence-electron chi connectivity index (χ3n) is 5.02. The molecule has 1 aromatic heterocycles. The Hall–Kier alpha value is -1.43. The van der Waals surface area contributed by atoms with Crippen molar-refractivity contribution in [3.63, 3.8) is 0 Å². The van der Waals surface area contributed by atoms with Gasteiger partial charge >= 0.3 is 5.97 Å². The topological polar surface area (TPSA) is 68.3 Å². The number of alkyl halides is 1. The van der Waals surface area contributed by atoms with Crippen LogP contribution in [-0.4, -0.2) is 27.8 Å². The minimum Gasteiger partial charge on any atom is -0.461 e. The van der Waals surface area contributed by atoms with Crippen LogP contribution in [-0.2, 0) is 20.9 Å². The van der Waals surface area contributed by atoms with Gasteiger partial charge in [0.15, 0.2) is 0 Å². The van der Waals surface area contributed by atoms with E-state index in [1.165, 1.54) is 0 Å². The zero-order valence-electron chi connectivity index (χ0n) is 11.2. The number of carbonyl (C=O) groups excluding carboxylic acids is 2. The Morgan fingerprint density at radius 2 is 2.33 bits per heavy atom. The Bertz CT molecular complexity index is 594. The number of nitrogens with zero attached hydrogens (tertiary/aromatic N) is 1. The molecule has 6 heteroatoms. The van der Waals surface area contributed by atoms with Gasteiger partial charge in [-0.2, -0.15) is 0 Å². The van der Waals surface area contributed by atoms with Gasteiger partial charge in [0, 0.05) is 24.9 Å². The summed E-state index contributed by atoms with van der Waals surface area (Å²) >= 11 is 3.61. The smallest absolute Gasteiger partial charge is 0.310 e. The molecule has 1 amide bonds. The standard InChI is InChI=1S/C15H15BrN2O3/c16-12-8-4-9-11(15(20)21-13(9)12)10(8)14(19)18-6-7-2-1-3-17-5-7/h1-3,5,8-13H,4,6H2,(H,18,19)/t8-,9-,10-,11-,12-,13+/m1/s1. The number of hydrogen-bond acceptors (Lipinski definition) is 4. The van der Waals surface area contributed by atoms with E-state index in [0.29, 0.717) is 6.54 Å². The van der Waals surface area contributed by atoms with Crippen LogP contribution in [0.4, 0.5) is 0 Å². The lowest BCUT2D eigenvalue weighted by atomic mass is 9.79. The molecule has 1 aromatic rings. The molecule has 5 nitrogen and oxygen atoms in total. The van der Waals surface area contributed by atoms with E-state index in [1.807, 2.05) is 12.1 Å². The Kier molecular flexibility index (Phi) is 3.03. The number of ether oxygens (including phenoxy) is 1. The summed E-state index contributed by atoms with van der Waals surface area (Å²) in [5.41, 5.74) is 0.955. The molecule has 0 unspecified atom stereocenters. The summed E-state index contributed by atoms with van der Waals surface area (Å²) in [7, 11) is 0.